The zero-order valence-corrected chi connectivity index (χ0v) is 11.2. The Morgan fingerprint density at radius 3 is 2.67 bits per heavy atom. The third-order valence-corrected chi connectivity index (χ3v) is 3.85. The molecule has 0 amide bonds. The Bertz CT molecular complexity index is 656. The van der Waals surface area contributed by atoms with Gasteiger partial charge in [0.15, 0.2) is 5.03 Å². The number of aryl methyl sites for hydroxylation is 3. The maximum atomic E-state index is 11.9. The molecule has 0 fully saturated rings. The lowest BCUT2D eigenvalue weighted by Crippen LogP contribution is -2.23. The van der Waals surface area contributed by atoms with Crippen molar-refractivity contribution < 1.29 is 8.42 Å². The van der Waals surface area contributed by atoms with Gasteiger partial charge in [0.1, 0.15) is 5.82 Å². The summed E-state index contributed by atoms with van der Waals surface area (Å²) in [4.78, 5) is 6.56. The van der Waals surface area contributed by atoms with Crippen molar-refractivity contribution >= 4 is 10.0 Å². The fourth-order valence-corrected chi connectivity index (χ4v) is 2.58. The van der Waals surface area contributed by atoms with Crippen LogP contribution < -0.4 is 4.72 Å². The molecule has 98 valence electrons. The molecule has 2 N–H and O–H groups in total. The largest absolute Gasteiger partial charge is 0.332 e. The molecule has 18 heavy (non-hydrogen) atoms. The lowest BCUT2D eigenvalue weighted by Gasteiger charge is -2.03. The average Bonchev–Trinajstić information content (AvgIpc) is 2.83. The molecule has 2 aromatic heterocycles. The van der Waals surface area contributed by atoms with Crippen LogP contribution in [-0.2, 0) is 23.6 Å². The van der Waals surface area contributed by atoms with Gasteiger partial charge in [0.25, 0.3) is 10.0 Å². The van der Waals surface area contributed by atoms with Crippen LogP contribution in [0.25, 0.3) is 0 Å². The highest BCUT2D eigenvalue weighted by Gasteiger charge is 2.17. The van der Waals surface area contributed by atoms with E-state index in [1.165, 1.54) is 6.20 Å². The minimum absolute atomic E-state index is 0.0709. The van der Waals surface area contributed by atoms with E-state index in [9.17, 15) is 8.42 Å². The molecule has 0 unspecified atom stereocenters. The van der Waals surface area contributed by atoms with Crippen LogP contribution in [0, 0.1) is 13.8 Å². The number of nitrogens with one attached hydrogen (secondary N) is 2. The van der Waals surface area contributed by atoms with Crippen LogP contribution in [-0.4, -0.2) is 28.2 Å². The van der Waals surface area contributed by atoms with E-state index in [2.05, 4.69) is 19.8 Å². The summed E-state index contributed by atoms with van der Waals surface area (Å²) in [7, 11) is -1.76. The number of nitrogens with zero attached hydrogens (tertiary/aromatic N) is 3. The van der Waals surface area contributed by atoms with E-state index in [-0.39, 0.29) is 11.6 Å². The predicted octanol–water partition coefficient (Wildman–Crippen LogP) is 0.239. The molecule has 0 saturated carbocycles. The molecule has 2 rings (SSSR count). The first-order valence-corrected chi connectivity index (χ1v) is 6.87. The first-order valence-electron chi connectivity index (χ1n) is 5.39. The number of H-pyrrole nitrogens is 1. The molecule has 0 aliphatic rings. The summed E-state index contributed by atoms with van der Waals surface area (Å²) in [6, 6.07) is 0. The summed E-state index contributed by atoms with van der Waals surface area (Å²) < 4.78 is 28.0. The van der Waals surface area contributed by atoms with Crippen LogP contribution in [0.2, 0.25) is 0 Å². The third-order valence-electron chi connectivity index (χ3n) is 2.54. The van der Waals surface area contributed by atoms with E-state index in [0.29, 0.717) is 5.82 Å². The van der Waals surface area contributed by atoms with E-state index in [1.807, 2.05) is 6.92 Å². The maximum absolute atomic E-state index is 11.9. The molecular weight excluding hydrogens is 254 g/mol. The van der Waals surface area contributed by atoms with Gasteiger partial charge in [-0.1, -0.05) is 0 Å². The van der Waals surface area contributed by atoms with E-state index in [1.54, 1.807) is 24.9 Å². The highest BCUT2D eigenvalue weighted by atomic mass is 32.2. The molecule has 0 saturated heterocycles. The number of aromatic nitrogens is 4. The van der Waals surface area contributed by atoms with Crippen molar-refractivity contribution in [2.75, 3.05) is 0 Å². The van der Waals surface area contributed by atoms with Crippen molar-refractivity contribution in [3.05, 3.63) is 29.5 Å². The molecule has 0 spiro atoms. The fourth-order valence-electron chi connectivity index (χ4n) is 1.61. The second-order valence-corrected chi connectivity index (χ2v) is 5.81. The number of imidazole rings is 1. The van der Waals surface area contributed by atoms with Gasteiger partial charge in [-0.15, -0.1) is 0 Å². The molecule has 0 radical (unpaired) electrons. The quantitative estimate of drug-likeness (QED) is 0.831. The molecule has 2 heterocycles. The minimum atomic E-state index is -3.55. The molecule has 2 aromatic rings. The minimum Gasteiger partial charge on any atom is -0.332 e. The lowest BCUT2D eigenvalue weighted by molar-refractivity contribution is 0.578. The van der Waals surface area contributed by atoms with Crippen LogP contribution in [0.1, 0.15) is 17.1 Å². The molecule has 8 heteroatoms. The summed E-state index contributed by atoms with van der Waals surface area (Å²) in [5, 5.41) is 4.22. The summed E-state index contributed by atoms with van der Waals surface area (Å²) in [5.74, 6) is 0.563. The summed E-state index contributed by atoms with van der Waals surface area (Å²) in [6.45, 7) is 3.74. The van der Waals surface area contributed by atoms with Gasteiger partial charge < -0.3 is 4.98 Å². The van der Waals surface area contributed by atoms with Crippen molar-refractivity contribution in [3.8, 4) is 0 Å². The number of sulfonamides is 1. The summed E-state index contributed by atoms with van der Waals surface area (Å²) >= 11 is 0. The van der Waals surface area contributed by atoms with Gasteiger partial charge in [-0.2, -0.15) is 5.10 Å². The van der Waals surface area contributed by atoms with Crippen LogP contribution in [0.3, 0.4) is 0 Å². The average molecular weight is 269 g/mol. The van der Waals surface area contributed by atoms with E-state index in [0.717, 1.165) is 11.3 Å². The van der Waals surface area contributed by atoms with Gasteiger partial charge in [-0.3, -0.25) is 4.68 Å². The van der Waals surface area contributed by atoms with E-state index >= 15 is 0 Å². The monoisotopic (exact) mass is 269 g/mol. The molecular formula is C10H15N5O2S. The van der Waals surface area contributed by atoms with Gasteiger partial charge in [0.2, 0.25) is 0 Å². The van der Waals surface area contributed by atoms with Crippen molar-refractivity contribution in [2.45, 2.75) is 25.4 Å². The highest BCUT2D eigenvalue weighted by molar-refractivity contribution is 7.89. The van der Waals surface area contributed by atoms with Gasteiger partial charge in [0, 0.05) is 25.4 Å². The topological polar surface area (TPSA) is 92.7 Å². The Balaban J connectivity index is 2.13. The van der Waals surface area contributed by atoms with Crippen LogP contribution in [0.4, 0.5) is 0 Å². The van der Waals surface area contributed by atoms with E-state index in [4.69, 9.17) is 0 Å². The first-order chi connectivity index (χ1) is 8.38. The molecule has 7 nitrogen and oxygen atoms in total. The molecule has 0 atom stereocenters. The first kappa shape index (κ1) is 12.8. The fraction of sp³-hybridized carbons (Fsp3) is 0.400. The third kappa shape index (κ3) is 2.59. The van der Waals surface area contributed by atoms with Gasteiger partial charge in [-0.05, 0) is 13.8 Å². The summed E-state index contributed by atoms with van der Waals surface area (Å²) in [5.41, 5.74) is 1.65. The van der Waals surface area contributed by atoms with Crippen molar-refractivity contribution in [2.24, 2.45) is 7.05 Å². The van der Waals surface area contributed by atoms with Crippen LogP contribution >= 0.6 is 0 Å². The van der Waals surface area contributed by atoms with Crippen LogP contribution in [0.5, 0.6) is 0 Å². The maximum Gasteiger partial charge on any atom is 0.257 e. The van der Waals surface area contributed by atoms with Crippen LogP contribution in [0.15, 0.2) is 17.4 Å². The van der Waals surface area contributed by atoms with Gasteiger partial charge >= 0.3 is 0 Å². The van der Waals surface area contributed by atoms with Crippen molar-refractivity contribution in [1.29, 1.82) is 0 Å². The Labute approximate surface area is 105 Å². The number of aromatic amines is 1. The normalized spacial score (nSPS) is 11.9. The summed E-state index contributed by atoms with van der Waals surface area (Å²) in [6.07, 6.45) is 3.09. The van der Waals surface area contributed by atoms with Crippen molar-refractivity contribution in [3.63, 3.8) is 0 Å². The molecule has 0 aliphatic heterocycles. The second-order valence-electron chi connectivity index (χ2n) is 4.07. The van der Waals surface area contributed by atoms with E-state index < -0.39 is 10.0 Å². The Hall–Kier alpha value is -1.67. The number of hydrogen-bond donors (Lipinski definition) is 2. The van der Waals surface area contributed by atoms with Gasteiger partial charge in [-0.25, -0.2) is 18.1 Å². The highest BCUT2D eigenvalue weighted by Crippen LogP contribution is 2.08. The number of rotatable bonds is 4. The SMILES string of the molecule is Cc1ncc(S(=O)(=O)NCc2cn(C)nc2C)[nH]1. The molecule has 0 bridgehead atoms. The van der Waals surface area contributed by atoms with Gasteiger partial charge in [0.05, 0.1) is 11.9 Å². The lowest BCUT2D eigenvalue weighted by atomic mass is 10.3. The Kier molecular flexibility index (Phi) is 3.22. The van der Waals surface area contributed by atoms with Crippen molar-refractivity contribution in [1.82, 2.24) is 24.5 Å². The number of hydrogen-bond acceptors (Lipinski definition) is 4. The molecule has 0 aliphatic carbocycles. The predicted molar refractivity (Wildman–Crippen MR) is 65.3 cm³/mol. The zero-order chi connectivity index (χ0) is 13.3. The molecule has 0 aromatic carbocycles. The standard InChI is InChI=1S/C10H15N5O2S/c1-7-9(6-15(3)14-7)4-12-18(16,17)10-5-11-8(2)13-10/h5-6,12H,4H2,1-3H3,(H,11,13). The Morgan fingerprint density at radius 2 is 2.17 bits per heavy atom. The second kappa shape index (κ2) is 4.54. The Morgan fingerprint density at radius 1 is 1.44 bits per heavy atom. The smallest absolute Gasteiger partial charge is 0.257 e. The zero-order valence-electron chi connectivity index (χ0n) is 10.4.